The maximum atomic E-state index is 13.7. The third-order valence-electron chi connectivity index (χ3n) is 3.37. The van der Waals surface area contributed by atoms with E-state index >= 15 is 0 Å². The van der Waals surface area contributed by atoms with E-state index < -0.39 is 5.82 Å². The van der Waals surface area contributed by atoms with Crippen molar-refractivity contribution in [2.75, 3.05) is 13.7 Å². The van der Waals surface area contributed by atoms with Crippen LogP contribution in [0.1, 0.15) is 24.1 Å². The zero-order valence-corrected chi connectivity index (χ0v) is 12.2. The largest absolute Gasteiger partial charge is 0.494 e. The molecule has 0 aliphatic rings. The quantitative estimate of drug-likeness (QED) is 0.872. The van der Waals surface area contributed by atoms with E-state index in [0.717, 1.165) is 23.4 Å². The molecule has 0 saturated heterocycles. The summed E-state index contributed by atoms with van der Waals surface area (Å²) in [5.74, 6) is -0.0106. The van der Waals surface area contributed by atoms with Crippen molar-refractivity contribution in [1.82, 2.24) is 5.32 Å². The van der Waals surface area contributed by atoms with Crippen molar-refractivity contribution in [3.05, 3.63) is 65.2 Å². The molecule has 0 bridgehead atoms. The van der Waals surface area contributed by atoms with E-state index in [-0.39, 0.29) is 11.9 Å². The lowest BCUT2D eigenvalue weighted by Gasteiger charge is -2.17. The number of ether oxygens (including phenoxy) is 1. The van der Waals surface area contributed by atoms with Gasteiger partial charge in [0.2, 0.25) is 0 Å². The molecule has 2 rings (SSSR count). The molecule has 0 saturated carbocycles. The van der Waals surface area contributed by atoms with Crippen molar-refractivity contribution >= 4 is 0 Å². The standard InChI is InChI=1S/C17H19F2NO/c1-3-21-15-7-4-12(5-8-15)17(20-2)11-13-10-14(18)6-9-16(13)19/h4-10,17,20H,3,11H2,1-2H3. The van der Waals surface area contributed by atoms with Gasteiger partial charge in [-0.15, -0.1) is 0 Å². The first-order chi connectivity index (χ1) is 10.1. The van der Waals surface area contributed by atoms with Crippen LogP contribution in [-0.4, -0.2) is 13.7 Å². The number of benzene rings is 2. The minimum absolute atomic E-state index is 0.0861. The maximum absolute atomic E-state index is 13.7. The van der Waals surface area contributed by atoms with Crippen molar-refractivity contribution < 1.29 is 13.5 Å². The second kappa shape index (κ2) is 7.18. The molecule has 0 radical (unpaired) electrons. The van der Waals surface area contributed by atoms with Crippen molar-refractivity contribution in [3.8, 4) is 5.75 Å². The Morgan fingerprint density at radius 1 is 1.10 bits per heavy atom. The second-order valence-electron chi connectivity index (χ2n) is 4.78. The predicted molar refractivity (Wildman–Crippen MR) is 79.5 cm³/mol. The molecule has 0 fully saturated rings. The van der Waals surface area contributed by atoms with Gasteiger partial charge in [0.15, 0.2) is 0 Å². The SMILES string of the molecule is CCOc1ccc(C(Cc2cc(F)ccc2F)NC)cc1. The summed E-state index contributed by atoms with van der Waals surface area (Å²) >= 11 is 0. The molecular weight excluding hydrogens is 272 g/mol. The van der Waals surface area contributed by atoms with Gasteiger partial charge in [-0.3, -0.25) is 0 Å². The average Bonchev–Trinajstić information content (AvgIpc) is 2.49. The molecule has 0 aromatic heterocycles. The van der Waals surface area contributed by atoms with Gasteiger partial charge < -0.3 is 10.1 Å². The van der Waals surface area contributed by atoms with Gasteiger partial charge in [0, 0.05) is 6.04 Å². The monoisotopic (exact) mass is 291 g/mol. The fourth-order valence-corrected chi connectivity index (χ4v) is 2.27. The minimum Gasteiger partial charge on any atom is -0.494 e. The third-order valence-corrected chi connectivity index (χ3v) is 3.37. The van der Waals surface area contributed by atoms with E-state index in [2.05, 4.69) is 5.32 Å². The molecule has 0 spiro atoms. The van der Waals surface area contributed by atoms with Crippen LogP contribution >= 0.6 is 0 Å². The van der Waals surface area contributed by atoms with Crippen molar-refractivity contribution in [1.29, 1.82) is 0 Å². The van der Waals surface area contributed by atoms with Gasteiger partial charge in [-0.25, -0.2) is 8.78 Å². The highest BCUT2D eigenvalue weighted by molar-refractivity contribution is 5.31. The van der Waals surface area contributed by atoms with Crippen LogP contribution in [0.4, 0.5) is 8.78 Å². The van der Waals surface area contributed by atoms with E-state index in [1.807, 2.05) is 31.2 Å². The van der Waals surface area contributed by atoms with Crippen molar-refractivity contribution in [2.45, 2.75) is 19.4 Å². The van der Waals surface area contributed by atoms with Crippen LogP contribution in [0.25, 0.3) is 0 Å². The summed E-state index contributed by atoms with van der Waals surface area (Å²) in [7, 11) is 1.80. The maximum Gasteiger partial charge on any atom is 0.126 e. The highest BCUT2D eigenvalue weighted by atomic mass is 19.1. The molecule has 2 nitrogen and oxygen atoms in total. The van der Waals surface area contributed by atoms with Crippen LogP contribution in [0, 0.1) is 11.6 Å². The molecule has 112 valence electrons. The lowest BCUT2D eigenvalue weighted by Crippen LogP contribution is -2.19. The van der Waals surface area contributed by atoms with Crippen LogP contribution in [0.15, 0.2) is 42.5 Å². The number of hydrogen-bond donors (Lipinski definition) is 1. The molecule has 0 amide bonds. The second-order valence-corrected chi connectivity index (χ2v) is 4.78. The molecule has 1 atom stereocenters. The Bertz CT molecular complexity index is 584. The Morgan fingerprint density at radius 3 is 2.43 bits per heavy atom. The summed E-state index contributed by atoms with van der Waals surface area (Å²) in [6.07, 6.45) is 0.383. The van der Waals surface area contributed by atoms with Gasteiger partial charge in [0.05, 0.1) is 6.61 Å². The van der Waals surface area contributed by atoms with Crippen LogP contribution in [0.5, 0.6) is 5.75 Å². The molecule has 4 heteroatoms. The number of hydrogen-bond acceptors (Lipinski definition) is 2. The van der Waals surface area contributed by atoms with E-state index in [1.54, 1.807) is 7.05 Å². The first-order valence-electron chi connectivity index (χ1n) is 6.98. The van der Waals surface area contributed by atoms with Gasteiger partial charge in [-0.1, -0.05) is 12.1 Å². The number of halogens is 2. The van der Waals surface area contributed by atoms with Gasteiger partial charge >= 0.3 is 0 Å². The lowest BCUT2D eigenvalue weighted by atomic mass is 9.98. The summed E-state index contributed by atoms with van der Waals surface area (Å²) in [4.78, 5) is 0. The number of rotatable bonds is 6. The fraction of sp³-hybridized carbons (Fsp3) is 0.294. The summed E-state index contributed by atoms with van der Waals surface area (Å²) in [5.41, 5.74) is 1.37. The highest BCUT2D eigenvalue weighted by Gasteiger charge is 2.13. The minimum atomic E-state index is -0.423. The number of likely N-dealkylation sites (N-methyl/N-ethyl adjacent to an activating group) is 1. The third kappa shape index (κ3) is 4.02. The van der Waals surface area contributed by atoms with Gasteiger partial charge in [-0.2, -0.15) is 0 Å². The Labute approximate surface area is 123 Å². The average molecular weight is 291 g/mol. The first kappa shape index (κ1) is 15.4. The first-order valence-corrected chi connectivity index (χ1v) is 6.98. The smallest absolute Gasteiger partial charge is 0.126 e. The Balaban J connectivity index is 2.17. The van der Waals surface area contributed by atoms with E-state index in [4.69, 9.17) is 4.74 Å². The summed E-state index contributed by atoms with van der Waals surface area (Å²) in [6, 6.07) is 11.1. The zero-order chi connectivity index (χ0) is 15.2. The Kier molecular flexibility index (Phi) is 5.28. The molecule has 21 heavy (non-hydrogen) atoms. The van der Waals surface area contributed by atoms with Crippen molar-refractivity contribution in [2.24, 2.45) is 0 Å². The van der Waals surface area contributed by atoms with Gasteiger partial charge in [0.1, 0.15) is 17.4 Å². The zero-order valence-electron chi connectivity index (χ0n) is 12.2. The molecule has 2 aromatic carbocycles. The topological polar surface area (TPSA) is 21.3 Å². The number of nitrogens with one attached hydrogen (secondary N) is 1. The van der Waals surface area contributed by atoms with Crippen LogP contribution in [0.2, 0.25) is 0 Å². The molecular formula is C17H19F2NO. The molecule has 2 aromatic rings. The summed E-state index contributed by atoms with van der Waals surface area (Å²) in [5, 5.41) is 3.14. The van der Waals surface area contributed by atoms with Crippen LogP contribution in [0.3, 0.4) is 0 Å². The highest BCUT2D eigenvalue weighted by Crippen LogP contribution is 2.23. The normalized spacial score (nSPS) is 12.2. The van der Waals surface area contributed by atoms with Gasteiger partial charge in [0.25, 0.3) is 0 Å². The molecule has 1 N–H and O–H groups in total. The summed E-state index contributed by atoms with van der Waals surface area (Å²) in [6.45, 7) is 2.54. The molecule has 0 aliphatic carbocycles. The Morgan fingerprint density at radius 2 is 1.81 bits per heavy atom. The van der Waals surface area contributed by atoms with Gasteiger partial charge in [-0.05, 0) is 61.9 Å². The lowest BCUT2D eigenvalue weighted by molar-refractivity contribution is 0.340. The molecule has 0 heterocycles. The van der Waals surface area contributed by atoms with Crippen LogP contribution < -0.4 is 10.1 Å². The van der Waals surface area contributed by atoms with E-state index in [9.17, 15) is 8.78 Å². The predicted octanol–water partition coefficient (Wildman–Crippen LogP) is 3.87. The van der Waals surface area contributed by atoms with Crippen molar-refractivity contribution in [3.63, 3.8) is 0 Å². The summed E-state index contributed by atoms with van der Waals surface area (Å²) < 4.78 is 32.4. The molecule has 0 aliphatic heterocycles. The van der Waals surface area contributed by atoms with E-state index in [1.165, 1.54) is 6.07 Å². The molecule has 1 unspecified atom stereocenters. The fourth-order valence-electron chi connectivity index (χ4n) is 2.27. The Hall–Kier alpha value is -1.94. The van der Waals surface area contributed by atoms with Crippen LogP contribution in [-0.2, 0) is 6.42 Å². The van der Waals surface area contributed by atoms with E-state index in [0.29, 0.717) is 18.6 Å².